The van der Waals surface area contributed by atoms with Crippen molar-refractivity contribution in [2.45, 2.75) is 24.5 Å². The second kappa shape index (κ2) is 2.73. The molecule has 98 valence electrons. The standard InChI is InChI=1S/C15H19BrO2/c1-15-11-6-4-5-7(9(6)13(15)16)12(15)10(8(5)11)14-17-2-3-18-14/h5-14H,2-4H2,1H3/t5-,6+,7-,8+,9+,10-,11+,12-,13-,15+/m0/s1. The molecule has 7 fully saturated rings. The van der Waals surface area contributed by atoms with Gasteiger partial charge in [0.05, 0.1) is 13.2 Å². The van der Waals surface area contributed by atoms with Crippen molar-refractivity contribution in [1.82, 2.24) is 0 Å². The van der Waals surface area contributed by atoms with Crippen LogP contribution in [0.25, 0.3) is 0 Å². The van der Waals surface area contributed by atoms with E-state index in [-0.39, 0.29) is 6.29 Å². The summed E-state index contributed by atoms with van der Waals surface area (Å²) < 4.78 is 11.8. The third kappa shape index (κ3) is 0.722. The van der Waals surface area contributed by atoms with Crippen molar-refractivity contribution >= 4 is 15.9 Å². The zero-order chi connectivity index (χ0) is 11.8. The van der Waals surface area contributed by atoms with E-state index in [1.54, 1.807) is 0 Å². The molecule has 10 atom stereocenters. The molecule has 1 heterocycles. The first-order valence-corrected chi connectivity index (χ1v) is 8.53. The highest BCUT2D eigenvalue weighted by Crippen LogP contribution is 2.89. The number of hydrogen-bond donors (Lipinski definition) is 0. The molecule has 0 aromatic heterocycles. The number of hydrogen-bond acceptors (Lipinski definition) is 2. The van der Waals surface area contributed by atoms with Crippen molar-refractivity contribution in [3.05, 3.63) is 0 Å². The lowest BCUT2D eigenvalue weighted by molar-refractivity contribution is -0.101. The maximum absolute atomic E-state index is 5.92. The van der Waals surface area contributed by atoms with E-state index in [4.69, 9.17) is 9.47 Å². The van der Waals surface area contributed by atoms with Crippen LogP contribution in [0.5, 0.6) is 0 Å². The Labute approximate surface area is 116 Å². The van der Waals surface area contributed by atoms with Gasteiger partial charge in [0.25, 0.3) is 0 Å². The third-order valence-electron chi connectivity index (χ3n) is 7.95. The van der Waals surface area contributed by atoms with Crippen LogP contribution in [0.15, 0.2) is 0 Å². The highest BCUT2D eigenvalue weighted by atomic mass is 79.9. The molecule has 0 amide bonds. The van der Waals surface area contributed by atoms with Gasteiger partial charge in [-0.05, 0) is 53.3 Å². The van der Waals surface area contributed by atoms with Crippen LogP contribution < -0.4 is 0 Å². The summed E-state index contributed by atoms with van der Waals surface area (Å²) in [5, 5.41) is 0. The molecule has 7 rings (SSSR count). The lowest BCUT2D eigenvalue weighted by Gasteiger charge is -2.40. The van der Waals surface area contributed by atoms with Gasteiger partial charge in [-0.2, -0.15) is 0 Å². The molecular weight excluding hydrogens is 292 g/mol. The zero-order valence-electron chi connectivity index (χ0n) is 10.6. The normalized spacial score (nSPS) is 74.7. The number of rotatable bonds is 1. The highest BCUT2D eigenvalue weighted by Gasteiger charge is 2.87. The van der Waals surface area contributed by atoms with E-state index < -0.39 is 0 Å². The smallest absolute Gasteiger partial charge is 0.161 e. The average molecular weight is 311 g/mol. The number of ether oxygens (including phenoxy) is 2. The van der Waals surface area contributed by atoms with Gasteiger partial charge in [-0.25, -0.2) is 0 Å². The molecule has 3 heteroatoms. The molecule has 0 spiro atoms. The Hall–Kier alpha value is 0.400. The molecule has 6 saturated carbocycles. The Kier molecular flexibility index (Phi) is 1.54. The fourth-order valence-electron chi connectivity index (χ4n) is 8.15. The summed E-state index contributed by atoms with van der Waals surface area (Å²) >= 11 is 4.10. The minimum absolute atomic E-state index is 0.145. The van der Waals surface area contributed by atoms with Gasteiger partial charge in [0.2, 0.25) is 0 Å². The lowest BCUT2D eigenvalue weighted by atomic mass is 9.64. The van der Waals surface area contributed by atoms with E-state index in [9.17, 15) is 0 Å². The van der Waals surface area contributed by atoms with Crippen LogP contribution in [-0.2, 0) is 9.47 Å². The fourth-order valence-corrected chi connectivity index (χ4v) is 9.50. The Bertz CT molecular complexity index is 446. The molecular formula is C15H19BrO2. The van der Waals surface area contributed by atoms with Crippen LogP contribution in [0.3, 0.4) is 0 Å². The molecule has 6 aliphatic carbocycles. The van der Waals surface area contributed by atoms with Gasteiger partial charge < -0.3 is 9.47 Å². The van der Waals surface area contributed by atoms with Gasteiger partial charge >= 0.3 is 0 Å². The van der Waals surface area contributed by atoms with Gasteiger partial charge in [0, 0.05) is 10.7 Å². The molecule has 6 bridgehead atoms. The zero-order valence-corrected chi connectivity index (χ0v) is 12.2. The molecule has 1 saturated heterocycles. The lowest BCUT2D eigenvalue weighted by Crippen LogP contribution is -2.37. The Morgan fingerprint density at radius 1 is 0.944 bits per heavy atom. The summed E-state index contributed by atoms with van der Waals surface area (Å²) in [4.78, 5) is 0.788. The molecule has 0 radical (unpaired) electrons. The Morgan fingerprint density at radius 2 is 1.67 bits per heavy atom. The SMILES string of the molecule is C[C@@]12[C@@H]3[C@@H]4C[C@@H]5[C@@H]3[C@H](C3OCCO3)[C@@H]1[C@@H]5[C@@H]4[C@@H]2Br. The molecule has 1 aliphatic heterocycles. The van der Waals surface area contributed by atoms with Crippen LogP contribution >= 0.6 is 15.9 Å². The first kappa shape index (κ1) is 10.2. The van der Waals surface area contributed by atoms with E-state index in [1.165, 1.54) is 6.42 Å². The van der Waals surface area contributed by atoms with Gasteiger partial charge in [0.1, 0.15) is 0 Å². The largest absolute Gasteiger partial charge is 0.350 e. The van der Waals surface area contributed by atoms with Crippen LogP contribution in [0.1, 0.15) is 13.3 Å². The molecule has 2 nitrogen and oxygen atoms in total. The van der Waals surface area contributed by atoms with Gasteiger partial charge in [0.15, 0.2) is 6.29 Å². The van der Waals surface area contributed by atoms with E-state index in [0.29, 0.717) is 5.41 Å². The molecule has 7 aliphatic rings. The molecule has 0 aromatic rings. The minimum atomic E-state index is 0.145. The quantitative estimate of drug-likeness (QED) is 0.693. The topological polar surface area (TPSA) is 18.5 Å². The maximum atomic E-state index is 5.92. The fraction of sp³-hybridized carbons (Fsp3) is 1.00. The summed E-state index contributed by atoms with van der Waals surface area (Å²) in [6, 6.07) is 0. The van der Waals surface area contributed by atoms with Crippen molar-refractivity contribution in [1.29, 1.82) is 0 Å². The van der Waals surface area contributed by atoms with Crippen molar-refractivity contribution in [2.75, 3.05) is 13.2 Å². The molecule has 0 aromatic carbocycles. The van der Waals surface area contributed by atoms with E-state index in [2.05, 4.69) is 22.9 Å². The molecule has 0 unspecified atom stereocenters. The summed E-state index contributed by atoms with van der Waals surface area (Å²) in [7, 11) is 0. The van der Waals surface area contributed by atoms with Gasteiger partial charge in [-0.1, -0.05) is 22.9 Å². The first-order chi connectivity index (χ1) is 8.74. The van der Waals surface area contributed by atoms with Gasteiger partial charge in [-0.3, -0.25) is 0 Å². The Balaban J connectivity index is 1.54. The monoisotopic (exact) mass is 310 g/mol. The minimum Gasteiger partial charge on any atom is -0.350 e. The first-order valence-electron chi connectivity index (χ1n) is 7.62. The Morgan fingerprint density at radius 3 is 2.39 bits per heavy atom. The second-order valence-corrected chi connectivity index (χ2v) is 8.79. The van der Waals surface area contributed by atoms with E-state index >= 15 is 0 Å². The highest BCUT2D eigenvalue weighted by molar-refractivity contribution is 9.09. The average Bonchev–Trinajstić information content (AvgIpc) is 3.07. The second-order valence-electron chi connectivity index (χ2n) is 7.80. The summed E-state index contributed by atoms with van der Waals surface area (Å²) in [5.41, 5.74) is 0.567. The van der Waals surface area contributed by atoms with E-state index in [0.717, 1.165) is 65.4 Å². The maximum Gasteiger partial charge on any atom is 0.161 e. The third-order valence-corrected chi connectivity index (χ3v) is 9.55. The van der Waals surface area contributed by atoms with Crippen molar-refractivity contribution in [2.24, 2.45) is 52.8 Å². The van der Waals surface area contributed by atoms with E-state index in [1.807, 2.05) is 0 Å². The van der Waals surface area contributed by atoms with Crippen LogP contribution in [0.4, 0.5) is 0 Å². The summed E-state index contributed by atoms with van der Waals surface area (Å²) in [6.07, 6.45) is 1.68. The van der Waals surface area contributed by atoms with Crippen LogP contribution in [0, 0.1) is 52.8 Å². The summed E-state index contributed by atoms with van der Waals surface area (Å²) in [5.74, 6) is 7.64. The van der Waals surface area contributed by atoms with Crippen molar-refractivity contribution in [3.63, 3.8) is 0 Å². The number of halogens is 1. The van der Waals surface area contributed by atoms with Crippen molar-refractivity contribution in [3.8, 4) is 0 Å². The molecule has 18 heavy (non-hydrogen) atoms. The number of alkyl halides is 1. The van der Waals surface area contributed by atoms with Gasteiger partial charge in [-0.15, -0.1) is 0 Å². The molecule has 0 N–H and O–H groups in total. The summed E-state index contributed by atoms with van der Waals surface area (Å²) in [6.45, 7) is 4.22. The van der Waals surface area contributed by atoms with Crippen molar-refractivity contribution < 1.29 is 9.47 Å². The van der Waals surface area contributed by atoms with Crippen LogP contribution in [0.2, 0.25) is 0 Å². The van der Waals surface area contributed by atoms with Crippen LogP contribution in [-0.4, -0.2) is 24.3 Å². The predicted molar refractivity (Wildman–Crippen MR) is 69.1 cm³/mol. The predicted octanol–water partition coefficient (Wildman–Crippen LogP) is 2.52.